The number of amides is 1. The monoisotopic (exact) mass is 313 g/mol. The lowest BCUT2D eigenvalue weighted by atomic mass is 10.0. The summed E-state index contributed by atoms with van der Waals surface area (Å²) < 4.78 is 0. The SMILES string of the molecule is CC(C)C[C@@H](NC(=O)CN(C)c1ccc(Cl)cn1)C(=O)O. The second-order valence-corrected chi connectivity index (χ2v) is 5.72. The summed E-state index contributed by atoms with van der Waals surface area (Å²) in [7, 11) is 1.70. The lowest BCUT2D eigenvalue weighted by Crippen LogP contribution is -2.45. The summed E-state index contributed by atoms with van der Waals surface area (Å²) in [5.41, 5.74) is 0. The molecule has 1 aromatic rings. The van der Waals surface area contributed by atoms with Crippen molar-refractivity contribution in [2.75, 3.05) is 18.5 Å². The lowest BCUT2D eigenvalue weighted by molar-refractivity contribution is -0.142. The first-order chi connectivity index (χ1) is 9.79. The summed E-state index contributed by atoms with van der Waals surface area (Å²) >= 11 is 5.75. The van der Waals surface area contributed by atoms with E-state index in [1.807, 2.05) is 13.8 Å². The number of carbonyl (C=O) groups is 2. The van der Waals surface area contributed by atoms with Crippen LogP contribution in [0.5, 0.6) is 0 Å². The van der Waals surface area contributed by atoms with Crippen molar-refractivity contribution in [1.29, 1.82) is 0 Å². The first kappa shape index (κ1) is 17.2. The fourth-order valence-corrected chi connectivity index (χ4v) is 1.93. The highest BCUT2D eigenvalue weighted by atomic mass is 35.5. The fraction of sp³-hybridized carbons (Fsp3) is 0.500. The Balaban J connectivity index is 2.59. The van der Waals surface area contributed by atoms with Gasteiger partial charge in [0.15, 0.2) is 0 Å². The Bertz CT molecular complexity index is 491. The van der Waals surface area contributed by atoms with Gasteiger partial charge in [0.2, 0.25) is 5.91 Å². The number of nitrogens with one attached hydrogen (secondary N) is 1. The van der Waals surface area contributed by atoms with E-state index in [4.69, 9.17) is 16.7 Å². The zero-order valence-corrected chi connectivity index (χ0v) is 13.1. The summed E-state index contributed by atoms with van der Waals surface area (Å²) in [6.07, 6.45) is 1.88. The van der Waals surface area contributed by atoms with Crippen LogP contribution in [0, 0.1) is 5.92 Å². The number of likely N-dealkylation sites (N-methyl/N-ethyl adjacent to an activating group) is 1. The summed E-state index contributed by atoms with van der Waals surface area (Å²) in [5.74, 6) is -0.612. The molecule has 0 spiro atoms. The van der Waals surface area contributed by atoms with Crippen LogP contribution in [0.1, 0.15) is 20.3 Å². The molecule has 1 aromatic heterocycles. The van der Waals surface area contributed by atoms with Gasteiger partial charge in [-0.15, -0.1) is 0 Å². The van der Waals surface area contributed by atoms with Gasteiger partial charge < -0.3 is 15.3 Å². The van der Waals surface area contributed by atoms with Gasteiger partial charge in [0, 0.05) is 13.2 Å². The second kappa shape index (κ2) is 7.83. The van der Waals surface area contributed by atoms with Crippen LogP contribution in [0.4, 0.5) is 5.82 Å². The summed E-state index contributed by atoms with van der Waals surface area (Å²) in [5, 5.41) is 12.1. The smallest absolute Gasteiger partial charge is 0.326 e. The molecule has 0 radical (unpaired) electrons. The van der Waals surface area contributed by atoms with Crippen molar-refractivity contribution >= 4 is 29.3 Å². The summed E-state index contributed by atoms with van der Waals surface area (Å²) in [6.45, 7) is 3.84. The van der Waals surface area contributed by atoms with E-state index < -0.39 is 12.0 Å². The number of aliphatic carboxylic acids is 1. The molecular formula is C14H20ClN3O3. The second-order valence-electron chi connectivity index (χ2n) is 5.28. The standard InChI is InChI=1S/C14H20ClN3O3/c1-9(2)6-11(14(20)21)17-13(19)8-18(3)12-5-4-10(15)7-16-12/h4-5,7,9,11H,6,8H2,1-3H3,(H,17,19)(H,20,21)/t11-/m1/s1. The Morgan fingerprint density at radius 2 is 2.10 bits per heavy atom. The molecule has 1 atom stereocenters. The first-order valence-corrected chi connectivity index (χ1v) is 7.02. The number of hydrogen-bond acceptors (Lipinski definition) is 4. The van der Waals surface area contributed by atoms with E-state index in [0.29, 0.717) is 17.3 Å². The van der Waals surface area contributed by atoms with Gasteiger partial charge in [-0.25, -0.2) is 9.78 Å². The predicted octanol–water partition coefficient (Wildman–Crippen LogP) is 1.79. The fourth-order valence-electron chi connectivity index (χ4n) is 1.82. The van der Waals surface area contributed by atoms with E-state index in [0.717, 1.165) is 0 Å². The quantitative estimate of drug-likeness (QED) is 0.802. The van der Waals surface area contributed by atoms with E-state index in [1.165, 1.54) is 6.20 Å². The molecule has 1 heterocycles. The van der Waals surface area contributed by atoms with Crippen LogP contribution in [0.15, 0.2) is 18.3 Å². The van der Waals surface area contributed by atoms with Gasteiger partial charge in [0.1, 0.15) is 11.9 Å². The molecule has 0 aliphatic rings. The molecule has 0 saturated carbocycles. The van der Waals surface area contributed by atoms with E-state index in [-0.39, 0.29) is 18.4 Å². The third-order valence-electron chi connectivity index (χ3n) is 2.82. The number of rotatable bonds is 7. The van der Waals surface area contributed by atoms with Crippen LogP contribution in [-0.2, 0) is 9.59 Å². The van der Waals surface area contributed by atoms with Gasteiger partial charge in [0.25, 0.3) is 0 Å². The molecule has 7 heteroatoms. The molecule has 1 rings (SSSR count). The van der Waals surface area contributed by atoms with Gasteiger partial charge in [-0.2, -0.15) is 0 Å². The molecule has 0 fully saturated rings. The highest BCUT2D eigenvalue weighted by Crippen LogP contribution is 2.12. The van der Waals surface area contributed by atoms with Crippen LogP contribution in [0.2, 0.25) is 5.02 Å². The van der Waals surface area contributed by atoms with Crippen LogP contribution < -0.4 is 10.2 Å². The zero-order valence-electron chi connectivity index (χ0n) is 12.3. The number of carbonyl (C=O) groups excluding carboxylic acids is 1. The normalized spacial score (nSPS) is 12.0. The molecule has 0 aliphatic heterocycles. The number of hydrogen-bond donors (Lipinski definition) is 2. The predicted molar refractivity (Wildman–Crippen MR) is 81.5 cm³/mol. The van der Waals surface area contributed by atoms with Crippen LogP contribution >= 0.6 is 11.6 Å². The van der Waals surface area contributed by atoms with Crippen LogP contribution in [0.3, 0.4) is 0 Å². The van der Waals surface area contributed by atoms with Crippen LogP contribution in [-0.4, -0.2) is 41.6 Å². The minimum absolute atomic E-state index is 0.0243. The van der Waals surface area contributed by atoms with Crippen molar-refractivity contribution < 1.29 is 14.7 Å². The maximum atomic E-state index is 11.9. The Kier molecular flexibility index (Phi) is 6.42. The van der Waals surface area contributed by atoms with Crippen molar-refractivity contribution in [2.45, 2.75) is 26.3 Å². The molecule has 1 amide bonds. The summed E-state index contributed by atoms with van der Waals surface area (Å²) in [4.78, 5) is 28.7. The molecule has 2 N–H and O–H groups in total. The average Bonchev–Trinajstić information content (AvgIpc) is 2.37. The maximum Gasteiger partial charge on any atom is 0.326 e. The zero-order chi connectivity index (χ0) is 16.0. The Morgan fingerprint density at radius 3 is 2.57 bits per heavy atom. The van der Waals surface area contributed by atoms with Crippen molar-refractivity contribution in [3.63, 3.8) is 0 Å². The molecule has 0 bridgehead atoms. The number of anilines is 1. The Labute approximate surface area is 129 Å². The van der Waals surface area contributed by atoms with E-state index in [2.05, 4.69) is 10.3 Å². The number of pyridine rings is 1. The van der Waals surface area contributed by atoms with Gasteiger partial charge >= 0.3 is 5.97 Å². The van der Waals surface area contributed by atoms with Gasteiger partial charge in [0.05, 0.1) is 11.6 Å². The molecule has 0 saturated heterocycles. The van der Waals surface area contributed by atoms with Crippen molar-refractivity contribution in [3.05, 3.63) is 23.4 Å². The molecule has 6 nitrogen and oxygen atoms in total. The third-order valence-corrected chi connectivity index (χ3v) is 3.05. The maximum absolute atomic E-state index is 11.9. The minimum Gasteiger partial charge on any atom is -0.480 e. The number of aromatic nitrogens is 1. The lowest BCUT2D eigenvalue weighted by Gasteiger charge is -2.20. The topological polar surface area (TPSA) is 82.5 Å². The van der Waals surface area contributed by atoms with E-state index in [1.54, 1.807) is 24.1 Å². The summed E-state index contributed by atoms with van der Waals surface area (Å²) in [6, 6.07) is 2.50. The van der Waals surface area contributed by atoms with Crippen molar-refractivity contribution in [1.82, 2.24) is 10.3 Å². The van der Waals surface area contributed by atoms with E-state index in [9.17, 15) is 9.59 Å². The molecule has 0 unspecified atom stereocenters. The average molecular weight is 314 g/mol. The largest absolute Gasteiger partial charge is 0.480 e. The minimum atomic E-state index is -1.02. The molecule has 116 valence electrons. The highest BCUT2D eigenvalue weighted by molar-refractivity contribution is 6.30. The van der Waals surface area contributed by atoms with Gasteiger partial charge in [-0.3, -0.25) is 4.79 Å². The van der Waals surface area contributed by atoms with Gasteiger partial charge in [-0.1, -0.05) is 25.4 Å². The molecule has 0 aliphatic carbocycles. The van der Waals surface area contributed by atoms with Gasteiger partial charge in [-0.05, 0) is 24.5 Å². The molecule has 21 heavy (non-hydrogen) atoms. The highest BCUT2D eigenvalue weighted by Gasteiger charge is 2.21. The Morgan fingerprint density at radius 1 is 1.43 bits per heavy atom. The molecule has 0 aromatic carbocycles. The Hall–Kier alpha value is -1.82. The number of carboxylic acids is 1. The third kappa shape index (κ3) is 5.99. The number of carboxylic acid groups (broad SMARTS) is 1. The number of halogens is 1. The first-order valence-electron chi connectivity index (χ1n) is 6.64. The molecular weight excluding hydrogens is 294 g/mol. The van der Waals surface area contributed by atoms with Crippen molar-refractivity contribution in [3.8, 4) is 0 Å². The van der Waals surface area contributed by atoms with E-state index >= 15 is 0 Å². The van der Waals surface area contributed by atoms with Crippen molar-refractivity contribution in [2.24, 2.45) is 5.92 Å². The number of nitrogens with zero attached hydrogens (tertiary/aromatic N) is 2. The van der Waals surface area contributed by atoms with Crippen LogP contribution in [0.25, 0.3) is 0 Å².